The second-order valence-corrected chi connectivity index (χ2v) is 9.04. The van der Waals surface area contributed by atoms with Crippen molar-refractivity contribution in [3.63, 3.8) is 0 Å². The standard InChI is InChI=1S/C26H20F2N4O2S/c27-18-10-8-16(9-11-18)14-29-23(33)13-22-25(34)31-24-20-6-1-2-7-21(20)30-26(32(22)24)35-15-17-4-3-5-19(28)12-17/h1-12,22H,13-15H2,(H,29,33). The number of nitrogens with one attached hydrogen (secondary N) is 1. The number of para-hydroxylation sites is 1. The normalized spacial score (nSPS) is 16.3. The Hall–Kier alpha value is -3.85. The Morgan fingerprint density at radius 2 is 1.74 bits per heavy atom. The van der Waals surface area contributed by atoms with Crippen molar-refractivity contribution in [2.45, 2.75) is 24.8 Å². The number of amidine groups is 2. The number of rotatable bonds is 6. The van der Waals surface area contributed by atoms with E-state index in [9.17, 15) is 18.4 Å². The van der Waals surface area contributed by atoms with Crippen molar-refractivity contribution in [2.75, 3.05) is 0 Å². The Labute approximate surface area is 204 Å². The van der Waals surface area contributed by atoms with E-state index in [1.165, 1.54) is 36.0 Å². The van der Waals surface area contributed by atoms with E-state index >= 15 is 0 Å². The molecule has 5 rings (SSSR count). The van der Waals surface area contributed by atoms with Crippen LogP contribution in [0.3, 0.4) is 0 Å². The van der Waals surface area contributed by atoms with Crippen LogP contribution in [0.25, 0.3) is 0 Å². The Bertz CT molecular complexity index is 1360. The number of hydrogen-bond acceptors (Lipinski definition) is 5. The summed E-state index contributed by atoms with van der Waals surface area (Å²) < 4.78 is 26.8. The fraction of sp³-hybridized carbons (Fsp3) is 0.154. The van der Waals surface area contributed by atoms with Crippen LogP contribution in [-0.2, 0) is 21.9 Å². The third-order valence-electron chi connectivity index (χ3n) is 5.65. The fourth-order valence-corrected chi connectivity index (χ4v) is 4.92. The van der Waals surface area contributed by atoms with Gasteiger partial charge in [-0.2, -0.15) is 4.99 Å². The molecule has 6 nitrogen and oxygen atoms in total. The SMILES string of the molecule is O=C(CC1C(=O)N=C2c3ccccc3N=C(SCc3cccc(F)c3)N21)NCc1ccc(F)cc1. The van der Waals surface area contributed by atoms with Gasteiger partial charge in [-0.05, 0) is 47.5 Å². The number of benzene rings is 3. The molecule has 176 valence electrons. The molecule has 2 heterocycles. The van der Waals surface area contributed by atoms with Gasteiger partial charge in [0, 0.05) is 17.9 Å². The molecule has 0 fully saturated rings. The van der Waals surface area contributed by atoms with E-state index < -0.39 is 11.9 Å². The molecule has 2 amide bonds. The maximum atomic E-state index is 13.6. The molecular weight excluding hydrogens is 470 g/mol. The van der Waals surface area contributed by atoms with E-state index in [0.717, 1.165) is 11.1 Å². The average Bonchev–Trinajstić information content (AvgIpc) is 3.18. The van der Waals surface area contributed by atoms with Crippen molar-refractivity contribution < 1.29 is 18.4 Å². The number of carbonyl (C=O) groups excluding carboxylic acids is 2. The molecule has 0 saturated heterocycles. The lowest BCUT2D eigenvalue weighted by atomic mass is 10.1. The summed E-state index contributed by atoms with van der Waals surface area (Å²) in [5, 5.41) is 3.30. The second kappa shape index (κ2) is 9.79. The zero-order valence-electron chi connectivity index (χ0n) is 18.4. The lowest BCUT2D eigenvalue weighted by Gasteiger charge is -2.30. The molecule has 0 bridgehead atoms. The van der Waals surface area contributed by atoms with E-state index in [1.807, 2.05) is 30.3 Å². The van der Waals surface area contributed by atoms with Gasteiger partial charge in [-0.1, -0.05) is 48.2 Å². The van der Waals surface area contributed by atoms with Gasteiger partial charge in [0.2, 0.25) is 5.91 Å². The molecule has 3 aromatic carbocycles. The largest absolute Gasteiger partial charge is 0.352 e. The Kier molecular flexibility index (Phi) is 6.41. The average molecular weight is 491 g/mol. The van der Waals surface area contributed by atoms with E-state index in [1.54, 1.807) is 23.1 Å². The van der Waals surface area contributed by atoms with E-state index in [-0.39, 0.29) is 30.5 Å². The van der Waals surface area contributed by atoms with Crippen LogP contribution in [0.4, 0.5) is 14.5 Å². The first-order chi connectivity index (χ1) is 17.0. The summed E-state index contributed by atoms with van der Waals surface area (Å²) in [4.78, 5) is 36.3. The van der Waals surface area contributed by atoms with Crippen molar-refractivity contribution in [3.8, 4) is 0 Å². The van der Waals surface area contributed by atoms with Gasteiger partial charge in [-0.3, -0.25) is 14.5 Å². The first-order valence-corrected chi connectivity index (χ1v) is 11.9. The molecule has 1 N–H and O–H groups in total. The molecular formula is C26H20F2N4O2S. The molecule has 0 saturated carbocycles. The number of amides is 2. The molecule has 0 aliphatic carbocycles. The smallest absolute Gasteiger partial charge is 0.271 e. The summed E-state index contributed by atoms with van der Waals surface area (Å²) in [7, 11) is 0. The number of halogens is 2. The van der Waals surface area contributed by atoms with Crippen LogP contribution in [0.15, 0.2) is 82.8 Å². The van der Waals surface area contributed by atoms with E-state index in [0.29, 0.717) is 28.0 Å². The lowest BCUT2D eigenvalue weighted by molar-refractivity contribution is -0.126. The van der Waals surface area contributed by atoms with Gasteiger partial charge in [0.25, 0.3) is 5.91 Å². The van der Waals surface area contributed by atoms with E-state index in [4.69, 9.17) is 4.99 Å². The van der Waals surface area contributed by atoms with Gasteiger partial charge >= 0.3 is 0 Å². The van der Waals surface area contributed by atoms with Gasteiger partial charge in [-0.25, -0.2) is 13.8 Å². The highest BCUT2D eigenvalue weighted by Gasteiger charge is 2.42. The predicted octanol–water partition coefficient (Wildman–Crippen LogP) is 4.56. The Balaban J connectivity index is 1.35. The van der Waals surface area contributed by atoms with Gasteiger partial charge in [-0.15, -0.1) is 0 Å². The third-order valence-corrected chi connectivity index (χ3v) is 6.67. The van der Waals surface area contributed by atoms with Crippen molar-refractivity contribution in [1.29, 1.82) is 0 Å². The first kappa shape index (κ1) is 22.9. The van der Waals surface area contributed by atoms with Gasteiger partial charge < -0.3 is 5.32 Å². The summed E-state index contributed by atoms with van der Waals surface area (Å²) in [6, 6.07) is 18.7. The van der Waals surface area contributed by atoms with Crippen LogP contribution in [0.1, 0.15) is 23.1 Å². The summed E-state index contributed by atoms with van der Waals surface area (Å²) in [6.45, 7) is 0.214. The van der Waals surface area contributed by atoms with Crippen molar-refractivity contribution in [1.82, 2.24) is 10.2 Å². The molecule has 1 unspecified atom stereocenters. The highest BCUT2D eigenvalue weighted by atomic mass is 32.2. The molecule has 0 spiro atoms. The van der Waals surface area contributed by atoms with E-state index in [2.05, 4.69) is 10.3 Å². The van der Waals surface area contributed by atoms with Crippen LogP contribution in [0, 0.1) is 11.6 Å². The first-order valence-electron chi connectivity index (χ1n) is 11.0. The van der Waals surface area contributed by atoms with Crippen molar-refractivity contribution in [2.24, 2.45) is 9.98 Å². The van der Waals surface area contributed by atoms with Crippen molar-refractivity contribution >= 4 is 40.3 Å². The van der Waals surface area contributed by atoms with Crippen LogP contribution >= 0.6 is 11.8 Å². The topological polar surface area (TPSA) is 74.1 Å². The molecule has 1 atom stereocenters. The van der Waals surface area contributed by atoms with Crippen LogP contribution < -0.4 is 5.32 Å². The van der Waals surface area contributed by atoms with Crippen LogP contribution in [-0.4, -0.2) is 33.8 Å². The highest BCUT2D eigenvalue weighted by molar-refractivity contribution is 8.13. The number of aliphatic imine (C=N–C) groups is 2. The quantitative estimate of drug-likeness (QED) is 0.550. The van der Waals surface area contributed by atoms with Gasteiger partial charge in [0.1, 0.15) is 23.5 Å². The summed E-state index contributed by atoms with van der Waals surface area (Å²) in [6.07, 6.45) is -0.116. The predicted molar refractivity (Wildman–Crippen MR) is 131 cm³/mol. The fourth-order valence-electron chi connectivity index (χ4n) is 3.93. The monoisotopic (exact) mass is 490 g/mol. The van der Waals surface area contributed by atoms with Crippen molar-refractivity contribution in [3.05, 3.63) is 101 Å². The third kappa shape index (κ3) is 5.00. The lowest BCUT2D eigenvalue weighted by Crippen LogP contribution is -2.45. The van der Waals surface area contributed by atoms with Gasteiger partial charge in [0.05, 0.1) is 12.1 Å². The number of carbonyl (C=O) groups is 2. The molecule has 2 aliphatic heterocycles. The maximum Gasteiger partial charge on any atom is 0.271 e. The molecule has 0 aromatic heterocycles. The molecule has 35 heavy (non-hydrogen) atoms. The van der Waals surface area contributed by atoms with Crippen LogP contribution in [0.5, 0.6) is 0 Å². The Morgan fingerprint density at radius 3 is 2.54 bits per heavy atom. The zero-order chi connectivity index (χ0) is 24.4. The number of nitrogens with zero attached hydrogens (tertiary/aromatic N) is 3. The minimum Gasteiger partial charge on any atom is -0.352 e. The number of hydrogen-bond donors (Lipinski definition) is 1. The van der Waals surface area contributed by atoms with Gasteiger partial charge in [0.15, 0.2) is 5.17 Å². The summed E-state index contributed by atoms with van der Waals surface area (Å²) in [5.74, 6) is -0.549. The Morgan fingerprint density at radius 1 is 0.943 bits per heavy atom. The summed E-state index contributed by atoms with van der Waals surface area (Å²) >= 11 is 1.35. The zero-order valence-corrected chi connectivity index (χ0v) is 19.3. The molecule has 2 aliphatic rings. The molecule has 0 radical (unpaired) electrons. The molecule has 3 aromatic rings. The van der Waals surface area contributed by atoms with Crippen LogP contribution in [0.2, 0.25) is 0 Å². The summed E-state index contributed by atoms with van der Waals surface area (Å²) in [5.41, 5.74) is 2.91. The maximum absolute atomic E-state index is 13.6. The minimum atomic E-state index is -0.842. The highest BCUT2D eigenvalue weighted by Crippen LogP contribution is 2.35. The minimum absolute atomic E-state index is 0.116. The molecule has 9 heteroatoms. The number of fused-ring (bicyclic) bond motifs is 3. The number of thioether (sulfide) groups is 1. The second-order valence-electron chi connectivity index (χ2n) is 8.10.